The normalized spacial score (nSPS) is 23.2. The summed E-state index contributed by atoms with van der Waals surface area (Å²) in [6.07, 6.45) is 0.842. The molecular weight excluding hydrogens is 216 g/mol. The molecular formula is C13H16N2O2. The molecule has 1 fully saturated rings. The second kappa shape index (κ2) is 3.74. The Bertz CT molecular complexity index is 485. The topological polar surface area (TPSA) is 52.6 Å². The predicted molar refractivity (Wildman–Crippen MR) is 64.2 cm³/mol. The monoisotopic (exact) mass is 232 g/mol. The zero-order valence-corrected chi connectivity index (χ0v) is 9.86. The van der Waals surface area contributed by atoms with Gasteiger partial charge in [0.25, 0.3) is 5.91 Å². The summed E-state index contributed by atoms with van der Waals surface area (Å²) in [4.78, 5) is 14.3. The van der Waals surface area contributed by atoms with E-state index < -0.39 is 0 Å². The number of piperazine rings is 1. The molecule has 17 heavy (non-hydrogen) atoms. The number of fused-ring (bicyclic) bond motifs is 2. The van der Waals surface area contributed by atoms with E-state index in [-0.39, 0.29) is 17.7 Å². The van der Waals surface area contributed by atoms with Gasteiger partial charge in [-0.2, -0.15) is 0 Å². The van der Waals surface area contributed by atoms with Crippen molar-refractivity contribution in [3.05, 3.63) is 28.8 Å². The Morgan fingerprint density at radius 2 is 2.29 bits per heavy atom. The average Bonchev–Trinajstić information content (AvgIpc) is 2.35. The van der Waals surface area contributed by atoms with Gasteiger partial charge in [-0.15, -0.1) is 0 Å². The minimum atomic E-state index is 0.112. The number of aromatic hydroxyl groups is 1. The maximum absolute atomic E-state index is 12.3. The van der Waals surface area contributed by atoms with Gasteiger partial charge in [0.2, 0.25) is 0 Å². The van der Waals surface area contributed by atoms with Crippen molar-refractivity contribution in [2.45, 2.75) is 19.4 Å². The lowest BCUT2D eigenvalue weighted by atomic mass is 9.88. The summed E-state index contributed by atoms with van der Waals surface area (Å²) in [6.45, 7) is 4.38. The third kappa shape index (κ3) is 1.52. The number of nitrogens with one attached hydrogen (secondary N) is 1. The minimum absolute atomic E-state index is 0.112. The van der Waals surface area contributed by atoms with E-state index >= 15 is 0 Å². The van der Waals surface area contributed by atoms with E-state index in [1.807, 2.05) is 11.8 Å². The molecule has 0 saturated carbocycles. The third-order valence-electron chi connectivity index (χ3n) is 3.85. The van der Waals surface area contributed by atoms with Crippen molar-refractivity contribution in [1.29, 1.82) is 0 Å². The van der Waals surface area contributed by atoms with E-state index in [0.29, 0.717) is 0 Å². The molecule has 3 rings (SSSR count). The Balaban J connectivity index is 2.09. The van der Waals surface area contributed by atoms with Crippen LogP contribution in [-0.4, -0.2) is 41.6 Å². The van der Waals surface area contributed by atoms with E-state index in [2.05, 4.69) is 5.32 Å². The molecule has 0 spiro atoms. The van der Waals surface area contributed by atoms with E-state index in [9.17, 15) is 9.90 Å². The third-order valence-corrected chi connectivity index (χ3v) is 3.85. The van der Waals surface area contributed by atoms with Gasteiger partial charge in [-0.3, -0.25) is 4.79 Å². The van der Waals surface area contributed by atoms with Gasteiger partial charge >= 0.3 is 0 Å². The average molecular weight is 232 g/mol. The highest BCUT2D eigenvalue weighted by atomic mass is 16.3. The maximum atomic E-state index is 12.3. The summed E-state index contributed by atoms with van der Waals surface area (Å²) in [7, 11) is 0. The summed E-state index contributed by atoms with van der Waals surface area (Å²) >= 11 is 0. The fourth-order valence-corrected chi connectivity index (χ4v) is 2.81. The van der Waals surface area contributed by atoms with Crippen LogP contribution in [0.5, 0.6) is 5.75 Å². The van der Waals surface area contributed by atoms with Crippen LogP contribution in [-0.2, 0) is 6.42 Å². The summed E-state index contributed by atoms with van der Waals surface area (Å²) in [6, 6.07) is 3.61. The molecule has 1 amide bonds. The fourth-order valence-electron chi connectivity index (χ4n) is 2.81. The first kappa shape index (κ1) is 10.6. The van der Waals surface area contributed by atoms with Gasteiger partial charge in [-0.1, -0.05) is 0 Å². The van der Waals surface area contributed by atoms with Crippen molar-refractivity contribution in [2.24, 2.45) is 0 Å². The highest BCUT2D eigenvalue weighted by molar-refractivity contribution is 5.97. The van der Waals surface area contributed by atoms with Crippen molar-refractivity contribution >= 4 is 5.91 Å². The number of rotatable bonds is 0. The number of phenols is 1. The first-order valence-corrected chi connectivity index (χ1v) is 6.01. The highest BCUT2D eigenvalue weighted by Crippen LogP contribution is 2.31. The molecule has 0 radical (unpaired) electrons. The fraction of sp³-hybridized carbons (Fsp3) is 0.462. The smallest absolute Gasteiger partial charge is 0.254 e. The Kier molecular flexibility index (Phi) is 2.33. The Morgan fingerprint density at radius 3 is 3.12 bits per heavy atom. The second-order valence-electron chi connectivity index (χ2n) is 4.80. The largest absolute Gasteiger partial charge is 0.508 e. The van der Waals surface area contributed by atoms with Crippen LogP contribution in [0.2, 0.25) is 0 Å². The van der Waals surface area contributed by atoms with Crippen LogP contribution in [0.4, 0.5) is 0 Å². The van der Waals surface area contributed by atoms with Crippen LogP contribution >= 0.6 is 0 Å². The van der Waals surface area contributed by atoms with Gasteiger partial charge in [-0.25, -0.2) is 0 Å². The number of carbonyl (C=O) groups excluding carboxylic acids is 1. The van der Waals surface area contributed by atoms with Gasteiger partial charge in [0.15, 0.2) is 0 Å². The Labute approximate surface area is 100 Å². The lowest BCUT2D eigenvalue weighted by Gasteiger charge is -2.40. The number of benzene rings is 1. The van der Waals surface area contributed by atoms with Crippen LogP contribution in [0.15, 0.2) is 12.1 Å². The zero-order chi connectivity index (χ0) is 12.0. The zero-order valence-electron chi connectivity index (χ0n) is 9.86. The Hall–Kier alpha value is -1.55. The first-order chi connectivity index (χ1) is 8.18. The van der Waals surface area contributed by atoms with Crippen molar-refractivity contribution < 1.29 is 9.90 Å². The van der Waals surface area contributed by atoms with Crippen molar-refractivity contribution in [3.63, 3.8) is 0 Å². The standard InChI is InChI=1S/C13H16N2O2/c1-8-11-6-9-7-14-4-5-15(9)13(17)10(11)2-3-12(8)16/h2-3,9,14,16H,4-7H2,1H3/t9-/m1/s1. The second-order valence-corrected chi connectivity index (χ2v) is 4.80. The molecule has 90 valence electrons. The molecule has 1 atom stereocenters. The number of hydrogen-bond acceptors (Lipinski definition) is 3. The molecule has 1 aromatic rings. The van der Waals surface area contributed by atoms with E-state index in [0.717, 1.165) is 42.7 Å². The van der Waals surface area contributed by atoms with Gasteiger partial charge in [0.05, 0.1) is 0 Å². The van der Waals surface area contributed by atoms with Gasteiger partial charge < -0.3 is 15.3 Å². The lowest BCUT2D eigenvalue weighted by molar-refractivity contribution is 0.0606. The summed E-state index contributed by atoms with van der Waals surface area (Å²) < 4.78 is 0. The molecule has 2 aliphatic heterocycles. The minimum Gasteiger partial charge on any atom is -0.508 e. The van der Waals surface area contributed by atoms with E-state index in [1.165, 1.54) is 0 Å². The van der Waals surface area contributed by atoms with Crippen molar-refractivity contribution in [3.8, 4) is 5.75 Å². The van der Waals surface area contributed by atoms with Gasteiger partial charge in [0.1, 0.15) is 5.75 Å². The molecule has 0 bridgehead atoms. The summed E-state index contributed by atoms with van der Waals surface area (Å²) in [5.41, 5.74) is 2.62. The maximum Gasteiger partial charge on any atom is 0.254 e. The molecule has 0 aliphatic carbocycles. The van der Waals surface area contributed by atoms with Crippen LogP contribution in [0, 0.1) is 6.92 Å². The summed E-state index contributed by atoms with van der Waals surface area (Å²) in [5, 5.41) is 13.0. The van der Waals surface area contributed by atoms with Crippen molar-refractivity contribution in [2.75, 3.05) is 19.6 Å². The molecule has 0 unspecified atom stereocenters. The quantitative estimate of drug-likeness (QED) is 0.691. The first-order valence-electron chi connectivity index (χ1n) is 6.01. The van der Waals surface area contributed by atoms with Crippen LogP contribution < -0.4 is 5.32 Å². The molecule has 1 saturated heterocycles. The number of hydrogen-bond donors (Lipinski definition) is 2. The molecule has 1 aromatic carbocycles. The van der Waals surface area contributed by atoms with Gasteiger partial charge in [0, 0.05) is 31.2 Å². The molecule has 4 heteroatoms. The highest BCUT2D eigenvalue weighted by Gasteiger charge is 2.34. The van der Waals surface area contributed by atoms with Gasteiger partial charge in [-0.05, 0) is 36.6 Å². The van der Waals surface area contributed by atoms with Crippen LogP contribution in [0.3, 0.4) is 0 Å². The molecule has 2 aliphatic rings. The molecule has 2 heterocycles. The van der Waals surface area contributed by atoms with E-state index in [4.69, 9.17) is 0 Å². The molecule has 4 nitrogen and oxygen atoms in total. The number of phenolic OH excluding ortho intramolecular Hbond substituents is 1. The number of amides is 1. The van der Waals surface area contributed by atoms with E-state index in [1.54, 1.807) is 12.1 Å². The molecule has 2 N–H and O–H groups in total. The SMILES string of the molecule is Cc1c(O)ccc2c1C[C@@H]1CNCCN1C2=O. The summed E-state index contributed by atoms with van der Waals surface area (Å²) in [5.74, 6) is 0.398. The van der Waals surface area contributed by atoms with Crippen LogP contribution in [0.1, 0.15) is 21.5 Å². The Morgan fingerprint density at radius 1 is 1.47 bits per heavy atom. The van der Waals surface area contributed by atoms with Crippen molar-refractivity contribution in [1.82, 2.24) is 10.2 Å². The number of carbonyl (C=O) groups is 1. The molecule has 0 aromatic heterocycles. The number of nitrogens with zero attached hydrogens (tertiary/aromatic N) is 1. The van der Waals surface area contributed by atoms with Crippen LogP contribution in [0.25, 0.3) is 0 Å². The lowest BCUT2D eigenvalue weighted by Crippen LogP contribution is -2.56. The predicted octanol–water partition coefficient (Wildman–Crippen LogP) is 0.671.